The van der Waals surface area contributed by atoms with Crippen LogP contribution in [0.2, 0.25) is 0 Å². The van der Waals surface area contributed by atoms with Crippen molar-refractivity contribution in [3.05, 3.63) is 11.6 Å². The van der Waals surface area contributed by atoms with Crippen molar-refractivity contribution in [3.63, 3.8) is 0 Å². The summed E-state index contributed by atoms with van der Waals surface area (Å²) in [4.78, 5) is 48.3. The molecule has 0 heterocycles. The van der Waals surface area contributed by atoms with Crippen molar-refractivity contribution in [2.45, 2.75) is 94.3 Å². The van der Waals surface area contributed by atoms with Gasteiger partial charge in [-0.2, -0.15) is 0 Å². The number of halogens is 1. The average molecular weight is 513 g/mol. The fraction of sp³-hybridized carbons (Fsp3) is 0.760. The minimum atomic E-state index is -2.97. The smallest absolute Gasteiger partial charge is 0.306 e. The van der Waals surface area contributed by atoms with Crippen molar-refractivity contribution in [2.24, 2.45) is 22.7 Å². The van der Waals surface area contributed by atoms with Crippen LogP contribution in [0.4, 0.5) is 4.39 Å². The third-order valence-corrected chi connectivity index (χ3v) is 9.96. The topological polar surface area (TPSA) is 190 Å². The van der Waals surface area contributed by atoms with E-state index in [1.165, 1.54) is 13.0 Å². The summed E-state index contributed by atoms with van der Waals surface area (Å²) in [6, 6.07) is 0. The Morgan fingerprint density at radius 1 is 1.08 bits per heavy atom. The van der Waals surface area contributed by atoms with Crippen molar-refractivity contribution in [1.29, 1.82) is 0 Å². The first-order valence-corrected chi connectivity index (χ1v) is 12.2. The molecule has 6 N–H and O–H groups in total. The van der Waals surface area contributed by atoms with E-state index in [2.05, 4.69) is 0 Å². The van der Waals surface area contributed by atoms with Crippen molar-refractivity contribution < 1.29 is 54.2 Å². The number of aliphatic hydroxyl groups is 4. The molecule has 9 atom stereocenters. The molecular formula is C25H33FO10. The van der Waals surface area contributed by atoms with E-state index in [-0.39, 0.29) is 25.0 Å². The number of aliphatic hydroxyl groups excluding tert-OH is 2. The Balaban J connectivity index is 1.86. The van der Waals surface area contributed by atoms with E-state index in [0.29, 0.717) is 12.0 Å². The van der Waals surface area contributed by atoms with Gasteiger partial charge < -0.3 is 30.6 Å². The van der Waals surface area contributed by atoms with Crippen LogP contribution in [0, 0.1) is 22.7 Å². The number of carbonyl (C=O) groups excluding carboxylic acids is 2. The Labute approximate surface area is 206 Å². The summed E-state index contributed by atoms with van der Waals surface area (Å²) in [6.45, 7) is 2.99. The summed E-state index contributed by atoms with van der Waals surface area (Å²) in [5, 5.41) is 63.7. The number of Topliss-reactive ketones (excluding diaryl/α,β-unsaturated/α-hetero) is 1. The molecule has 4 aliphatic rings. The van der Waals surface area contributed by atoms with E-state index in [1.807, 2.05) is 0 Å². The van der Waals surface area contributed by atoms with Crippen LogP contribution in [0.1, 0.15) is 65.2 Å². The van der Waals surface area contributed by atoms with Gasteiger partial charge in [-0.25, -0.2) is 4.39 Å². The minimum absolute atomic E-state index is 0.0831. The van der Waals surface area contributed by atoms with E-state index in [4.69, 9.17) is 5.11 Å². The Hall–Kier alpha value is -2.21. The van der Waals surface area contributed by atoms with Gasteiger partial charge >= 0.3 is 11.9 Å². The van der Waals surface area contributed by atoms with Gasteiger partial charge in [0.05, 0.1) is 18.9 Å². The summed E-state index contributed by atoms with van der Waals surface area (Å²) >= 11 is 0. The van der Waals surface area contributed by atoms with E-state index >= 15 is 4.39 Å². The highest BCUT2D eigenvalue weighted by atomic mass is 19.1. The number of rotatable bonds is 6. The van der Waals surface area contributed by atoms with Crippen LogP contribution < -0.4 is 0 Å². The maximum absolute atomic E-state index is 17.3. The first kappa shape index (κ1) is 26.8. The van der Waals surface area contributed by atoms with Crippen molar-refractivity contribution in [3.8, 4) is 0 Å². The third kappa shape index (κ3) is 3.22. The molecule has 0 aliphatic heterocycles. The van der Waals surface area contributed by atoms with E-state index < -0.39 is 95.1 Å². The van der Waals surface area contributed by atoms with Gasteiger partial charge in [0.15, 0.2) is 17.2 Å². The Bertz CT molecular complexity index is 1060. The lowest BCUT2D eigenvalue weighted by Crippen LogP contribution is -2.72. The van der Waals surface area contributed by atoms with E-state index in [1.54, 1.807) is 6.92 Å². The number of carboxylic acid groups (broad SMARTS) is 2. The number of hydrogen-bond donors (Lipinski definition) is 6. The van der Waals surface area contributed by atoms with E-state index in [0.717, 1.165) is 0 Å². The fourth-order valence-corrected chi connectivity index (χ4v) is 8.22. The van der Waals surface area contributed by atoms with Gasteiger partial charge in [0.1, 0.15) is 17.4 Å². The second kappa shape index (κ2) is 8.14. The van der Waals surface area contributed by atoms with Gasteiger partial charge in [-0.1, -0.05) is 19.4 Å². The number of allylic oxidation sites excluding steroid dienone is 1. The largest absolute Gasteiger partial charge is 0.481 e. The molecule has 0 amide bonds. The minimum Gasteiger partial charge on any atom is -0.481 e. The number of carboxylic acids is 2. The molecule has 0 aromatic carbocycles. The molecule has 0 saturated heterocycles. The molecule has 10 nitrogen and oxygen atoms in total. The summed E-state index contributed by atoms with van der Waals surface area (Å²) in [5.41, 5.74) is -10.3. The SMILES string of the molecule is C[C@]12CCC(=O)C=C1CC[C@H]1[C@@H]3C[C@](O)(CC(=O)O)[C@](O)(C(=O)C(O)CC(=O)O)[C@@]3(C)C[C@H](O)[C@@]12F. The zero-order valence-electron chi connectivity index (χ0n) is 20.2. The second-order valence-electron chi connectivity index (χ2n) is 11.6. The predicted octanol–water partition coefficient (Wildman–Crippen LogP) is 0.533. The van der Waals surface area contributed by atoms with Crippen LogP contribution in [-0.4, -0.2) is 83.2 Å². The first-order valence-electron chi connectivity index (χ1n) is 12.2. The number of ketones is 2. The number of hydrogen-bond acceptors (Lipinski definition) is 8. The number of alkyl halides is 1. The van der Waals surface area contributed by atoms with Gasteiger partial charge in [0, 0.05) is 23.2 Å². The summed E-state index contributed by atoms with van der Waals surface area (Å²) in [5.74, 6) is -6.72. The van der Waals surface area contributed by atoms with Crippen molar-refractivity contribution in [2.75, 3.05) is 0 Å². The predicted molar refractivity (Wildman–Crippen MR) is 119 cm³/mol. The van der Waals surface area contributed by atoms with Crippen LogP contribution in [0.25, 0.3) is 0 Å². The van der Waals surface area contributed by atoms with E-state index in [9.17, 15) is 44.7 Å². The standard InChI is InChI=1S/C25H33FO10/c1-21-6-5-13(27)7-12(21)3-4-14-15-9-23(35,11-19(32)33)25(36,20(34)16(28)8-18(30)31)22(15,2)10-17(29)24(14,21)26/h7,14-17,28-29,35-36H,3-6,8-11H2,1-2H3,(H,30,31)(H,32,33)/t14-,15-,16?,17-,21-,22-,23-,24-,25-/m0/s1. The van der Waals surface area contributed by atoms with Gasteiger partial charge in [-0.05, 0) is 44.1 Å². The quantitative estimate of drug-likeness (QED) is 0.293. The second-order valence-corrected chi connectivity index (χ2v) is 11.6. The average Bonchev–Trinajstić information content (AvgIpc) is 2.92. The van der Waals surface area contributed by atoms with Crippen LogP contribution in [0.5, 0.6) is 0 Å². The molecule has 3 fully saturated rings. The highest BCUT2D eigenvalue weighted by Crippen LogP contribution is 2.72. The Morgan fingerprint density at radius 3 is 2.31 bits per heavy atom. The molecule has 4 aliphatic carbocycles. The summed E-state index contributed by atoms with van der Waals surface area (Å²) < 4.78 is 17.3. The first-order chi connectivity index (χ1) is 16.5. The molecule has 3 saturated carbocycles. The molecule has 36 heavy (non-hydrogen) atoms. The monoisotopic (exact) mass is 512 g/mol. The number of carbonyl (C=O) groups is 4. The van der Waals surface area contributed by atoms with Crippen LogP contribution in [-0.2, 0) is 19.2 Å². The van der Waals surface area contributed by atoms with Crippen LogP contribution in [0.3, 0.4) is 0 Å². The lowest BCUT2D eigenvalue weighted by atomic mass is 9.43. The highest BCUT2D eigenvalue weighted by molar-refractivity contribution is 5.96. The highest BCUT2D eigenvalue weighted by Gasteiger charge is 2.80. The molecule has 0 spiro atoms. The van der Waals surface area contributed by atoms with Crippen molar-refractivity contribution in [1.82, 2.24) is 0 Å². The zero-order chi connectivity index (χ0) is 27.1. The maximum Gasteiger partial charge on any atom is 0.306 e. The van der Waals surface area contributed by atoms with Gasteiger partial charge in [0.2, 0.25) is 0 Å². The Kier molecular flexibility index (Phi) is 6.07. The fourth-order valence-electron chi connectivity index (χ4n) is 8.22. The molecule has 4 rings (SSSR count). The molecule has 0 radical (unpaired) electrons. The molecular weight excluding hydrogens is 479 g/mol. The number of fused-ring (bicyclic) bond motifs is 5. The summed E-state index contributed by atoms with van der Waals surface area (Å²) in [6.07, 6.45) is -5.21. The molecule has 11 heteroatoms. The van der Waals surface area contributed by atoms with Crippen LogP contribution >= 0.6 is 0 Å². The lowest BCUT2D eigenvalue weighted by Gasteiger charge is -2.63. The number of aliphatic carboxylic acids is 2. The summed E-state index contributed by atoms with van der Waals surface area (Å²) in [7, 11) is 0. The zero-order valence-corrected chi connectivity index (χ0v) is 20.2. The molecule has 1 unspecified atom stereocenters. The third-order valence-electron chi connectivity index (χ3n) is 9.96. The molecule has 200 valence electrons. The Morgan fingerprint density at radius 2 is 1.72 bits per heavy atom. The van der Waals surface area contributed by atoms with Gasteiger partial charge in [-0.3, -0.25) is 19.2 Å². The molecule has 0 aromatic rings. The van der Waals surface area contributed by atoms with Crippen molar-refractivity contribution >= 4 is 23.5 Å². The van der Waals surface area contributed by atoms with Gasteiger partial charge in [-0.15, -0.1) is 0 Å². The van der Waals surface area contributed by atoms with Gasteiger partial charge in [0.25, 0.3) is 0 Å². The molecule has 0 aromatic heterocycles. The normalized spacial score (nSPS) is 46.7. The lowest BCUT2D eigenvalue weighted by molar-refractivity contribution is -0.240. The maximum atomic E-state index is 17.3. The van der Waals surface area contributed by atoms with Crippen LogP contribution in [0.15, 0.2) is 11.6 Å². The molecule has 0 bridgehead atoms.